The molecular weight excluding hydrogens is 240 g/mol. The molecule has 3 rings (SSSR count). The van der Waals surface area contributed by atoms with E-state index in [1.807, 2.05) is 26.0 Å². The summed E-state index contributed by atoms with van der Waals surface area (Å²) in [6.07, 6.45) is 5.08. The second-order valence-electron chi connectivity index (χ2n) is 5.21. The minimum absolute atomic E-state index is 0.0919. The topological polar surface area (TPSA) is 59.0 Å². The molecular formula is C14H14N4O. The minimum atomic E-state index is -0.508. The van der Waals surface area contributed by atoms with Crippen LogP contribution in [0, 0.1) is 0 Å². The summed E-state index contributed by atoms with van der Waals surface area (Å²) >= 11 is 0. The van der Waals surface area contributed by atoms with Crippen molar-refractivity contribution in [2.24, 2.45) is 0 Å². The van der Waals surface area contributed by atoms with Crippen LogP contribution in [0.15, 0.2) is 30.7 Å². The van der Waals surface area contributed by atoms with E-state index < -0.39 is 5.41 Å². The lowest BCUT2D eigenvalue weighted by Gasteiger charge is -2.15. The van der Waals surface area contributed by atoms with Gasteiger partial charge in [0.25, 0.3) is 0 Å². The van der Waals surface area contributed by atoms with Crippen LogP contribution in [0.25, 0.3) is 11.3 Å². The fourth-order valence-electron chi connectivity index (χ4n) is 2.45. The van der Waals surface area contributed by atoms with E-state index in [-0.39, 0.29) is 5.91 Å². The molecule has 3 heterocycles. The summed E-state index contributed by atoms with van der Waals surface area (Å²) in [4.78, 5) is 18.3. The number of likely N-dealkylation sites (N-methyl/N-ethyl adjacent to an activating group) is 1. The van der Waals surface area contributed by atoms with Gasteiger partial charge in [0.1, 0.15) is 0 Å². The second-order valence-corrected chi connectivity index (χ2v) is 5.21. The molecule has 5 nitrogen and oxygen atoms in total. The molecule has 1 aliphatic heterocycles. The highest BCUT2D eigenvalue weighted by Gasteiger charge is 2.42. The van der Waals surface area contributed by atoms with E-state index in [9.17, 15) is 4.79 Å². The Morgan fingerprint density at radius 3 is 2.68 bits per heavy atom. The van der Waals surface area contributed by atoms with Gasteiger partial charge in [-0.15, -0.1) is 0 Å². The van der Waals surface area contributed by atoms with Crippen molar-refractivity contribution in [3.05, 3.63) is 36.3 Å². The average Bonchev–Trinajstić information content (AvgIpc) is 2.61. The van der Waals surface area contributed by atoms with Gasteiger partial charge in [-0.3, -0.25) is 9.78 Å². The van der Waals surface area contributed by atoms with Gasteiger partial charge in [0.2, 0.25) is 5.91 Å². The third-order valence-corrected chi connectivity index (χ3v) is 3.64. The molecule has 2 aromatic rings. The Hall–Kier alpha value is -2.30. The number of carbonyl (C=O) groups excluding carboxylic acids is 1. The van der Waals surface area contributed by atoms with E-state index in [4.69, 9.17) is 0 Å². The van der Waals surface area contributed by atoms with E-state index in [0.717, 1.165) is 22.5 Å². The number of rotatable bonds is 1. The summed E-state index contributed by atoms with van der Waals surface area (Å²) in [7, 11) is 1.80. The first kappa shape index (κ1) is 11.8. The van der Waals surface area contributed by atoms with E-state index >= 15 is 0 Å². The van der Waals surface area contributed by atoms with Gasteiger partial charge in [-0.05, 0) is 26.0 Å². The van der Waals surface area contributed by atoms with Gasteiger partial charge in [0, 0.05) is 24.4 Å². The fraction of sp³-hybridized carbons (Fsp3) is 0.286. The maximum atomic E-state index is 12.2. The van der Waals surface area contributed by atoms with E-state index in [1.54, 1.807) is 30.5 Å². The number of nitrogens with zero attached hydrogens (tertiary/aromatic N) is 4. The van der Waals surface area contributed by atoms with Crippen LogP contribution in [0.2, 0.25) is 0 Å². The van der Waals surface area contributed by atoms with Crippen molar-refractivity contribution in [1.82, 2.24) is 15.2 Å². The molecule has 0 aliphatic carbocycles. The summed E-state index contributed by atoms with van der Waals surface area (Å²) in [5, 5.41) is 7.60. The first-order valence-electron chi connectivity index (χ1n) is 6.07. The molecule has 0 atom stereocenters. The Morgan fingerprint density at radius 2 is 2.00 bits per heavy atom. The van der Waals surface area contributed by atoms with E-state index in [2.05, 4.69) is 15.2 Å². The van der Waals surface area contributed by atoms with Gasteiger partial charge < -0.3 is 4.90 Å². The molecule has 0 saturated carbocycles. The Morgan fingerprint density at radius 1 is 1.21 bits per heavy atom. The van der Waals surface area contributed by atoms with Gasteiger partial charge in [-0.2, -0.15) is 10.2 Å². The predicted octanol–water partition coefficient (Wildman–Crippen LogP) is 1.79. The number of carbonyl (C=O) groups is 1. The summed E-state index contributed by atoms with van der Waals surface area (Å²) in [6.45, 7) is 3.85. The lowest BCUT2D eigenvalue weighted by Crippen LogP contribution is -2.33. The molecule has 0 radical (unpaired) electrons. The quantitative estimate of drug-likeness (QED) is 0.778. The van der Waals surface area contributed by atoms with Gasteiger partial charge >= 0.3 is 0 Å². The van der Waals surface area contributed by atoms with Crippen molar-refractivity contribution in [3.8, 4) is 11.3 Å². The monoisotopic (exact) mass is 254 g/mol. The van der Waals surface area contributed by atoms with Gasteiger partial charge in [0.15, 0.2) is 0 Å². The molecule has 2 aromatic heterocycles. The smallest absolute Gasteiger partial charge is 0.236 e. The predicted molar refractivity (Wildman–Crippen MR) is 71.7 cm³/mol. The lowest BCUT2D eigenvalue weighted by atomic mass is 9.87. The molecule has 0 bridgehead atoms. The maximum absolute atomic E-state index is 12.2. The van der Waals surface area contributed by atoms with Crippen LogP contribution in [-0.2, 0) is 10.2 Å². The molecule has 0 aromatic carbocycles. The first-order chi connectivity index (χ1) is 9.01. The zero-order chi connectivity index (χ0) is 13.6. The number of amides is 1. The average molecular weight is 254 g/mol. The van der Waals surface area contributed by atoms with Crippen LogP contribution in [0.5, 0.6) is 0 Å². The summed E-state index contributed by atoms with van der Waals surface area (Å²) in [5.74, 6) is 0.0919. The number of hydrogen-bond acceptors (Lipinski definition) is 4. The first-order valence-corrected chi connectivity index (χ1v) is 6.07. The number of fused-ring (bicyclic) bond motifs is 1. The number of pyridine rings is 1. The zero-order valence-corrected chi connectivity index (χ0v) is 11.1. The molecule has 1 aliphatic rings. The Balaban J connectivity index is 2.15. The Bertz CT molecular complexity index is 652. The molecule has 19 heavy (non-hydrogen) atoms. The van der Waals surface area contributed by atoms with Crippen LogP contribution in [0.1, 0.15) is 19.4 Å². The van der Waals surface area contributed by atoms with Gasteiger partial charge in [-0.25, -0.2) is 0 Å². The van der Waals surface area contributed by atoms with Gasteiger partial charge in [-0.1, -0.05) is 0 Å². The largest absolute Gasteiger partial charge is 0.314 e. The molecule has 5 heteroatoms. The molecule has 0 fully saturated rings. The third kappa shape index (κ3) is 1.62. The third-order valence-electron chi connectivity index (χ3n) is 3.64. The molecule has 1 amide bonds. The number of aromatic nitrogens is 3. The van der Waals surface area contributed by atoms with Crippen LogP contribution in [0.4, 0.5) is 5.69 Å². The van der Waals surface area contributed by atoms with Crippen molar-refractivity contribution in [2.75, 3.05) is 11.9 Å². The van der Waals surface area contributed by atoms with E-state index in [1.165, 1.54) is 0 Å². The van der Waals surface area contributed by atoms with Crippen LogP contribution < -0.4 is 4.90 Å². The Labute approximate surface area is 111 Å². The molecule has 0 unspecified atom stereocenters. The Kier molecular flexibility index (Phi) is 2.38. The van der Waals surface area contributed by atoms with Crippen LogP contribution in [-0.4, -0.2) is 28.1 Å². The lowest BCUT2D eigenvalue weighted by molar-refractivity contribution is -0.121. The fourth-order valence-corrected chi connectivity index (χ4v) is 2.45. The van der Waals surface area contributed by atoms with Crippen LogP contribution in [0.3, 0.4) is 0 Å². The second kappa shape index (κ2) is 3.85. The molecule has 0 spiro atoms. The van der Waals surface area contributed by atoms with E-state index in [0.29, 0.717) is 0 Å². The summed E-state index contributed by atoms with van der Waals surface area (Å²) < 4.78 is 0. The maximum Gasteiger partial charge on any atom is 0.236 e. The number of anilines is 1. The highest BCUT2D eigenvalue weighted by Crippen LogP contribution is 2.41. The molecule has 0 N–H and O–H groups in total. The summed E-state index contributed by atoms with van der Waals surface area (Å²) in [6, 6.07) is 3.78. The van der Waals surface area contributed by atoms with Crippen molar-refractivity contribution < 1.29 is 4.79 Å². The highest BCUT2D eigenvalue weighted by atomic mass is 16.2. The summed E-state index contributed by atoms with van der Waals surface area (Å²) in [5.41, 5.74) is 3.06. The van der Waals surface area contributed by atoms with Crippen molar-refractivity contribution >= 4 is 11.6 Å². The SMILES string of the molecule is CN1C(=O)C(C)(C)c2cnc(-c3ccnnc3)cc21. The highest BCUT2D eigenvalue weighted by molar-refractivity contribution is 6.07. The minimum Gasteiger partial charge on any atom is -0.314 e. The van der Waals surface area contributed by atoms with Crippen molar-refractivity contribution in [3.63, 3.8) is 0 Å². The van der Waals surface area contributed by atoms with Crippen molar-refractivity contribution in [2.45, 2.75) is 19.3 Å². The van der Waals surface area contributed by atoms with Crippen molar-refractivity contribution in [1.29, 1.82) is 0 Å². The number of hydrogen-bond donors (Lipinski definition) is 0. The standard InChI is InChI=1S/C14H14N4O/c1-14(2)10-8-15-11(9-4-5-16-17-7-9)6-12(10)18(3)13(14)19/h4-8H,1-3H3. The van der Waals surface area contributed by atoms with Gasteiger partial charge in [0.05, 0.1) is 29.2 Å². The molecule has 96 valence electrons. The molecule has 0 saturated heterocycles. The normalized spacial score (nSPS) is 16.6. The zero-order valence-electron chi connectivity index (χ0n) is 11.1. The van der Waals surface area contributed by atoms with Crippen LogP contribution >= 0.6 is 0 Å².